The van der Waals surface area contributed by atoms with Gasteiger partial charge in [0.25, 0.3) is 10.2 Å². The predicted molar refractivity (Wildman–Crippen MR) is 85.1 cm³/mol. The first kappa shape index (κ1) is 17.6. The van der Waals surface area contributed by atoms with Gasteiger partial charge in [-0.3, -0.25) is 0 Å². The second kappa shape index (κ2) is 7.33. The monoisotopic (exact) mass is 348 g/mol. The van der Waals surface area contributed by atoms with Crippen LogP contribution in [0.15, 0.2) is 0 Å². The lowest BCUT2D eigenvalue weighted by Gasteiger charge is -2.36. The van der Waals surface area contributed by atoms with Crippen molar-refractivity contribution in [3.63, 3.8) is 0 Å². The van der Waals surface area contributed by atoms with Gasteiger partial charge in [-0.05, 0) is 31.6 Å². The van der Waals surface area contributed by atoms with E-state index in [1.807, 2.05) is 0 Å². The molecule has 2 heterocycles. The van der Waals surface area contributed by atoms with E-state index in [0.717, 1.165) is 38.5 Å². The Labute approximate surface area is 138 Å². The Morgan fingerprint density at radius 1 is 1.04 bits per heavy atom. The minimum Gasteiger partial charge on any atom is -0.381 e. The van der Waals surface area contributed by atoms with Crippen molar-refractivity contribution in [1.82, 2.24) is 9.03 Å². The summed E-state index contributed by atoms with van der Waals surface area (Å²) in [6.45, 7) is 3.11. The highest BCUT2D eigenvalue weighted by molar-refractivity contribution is 7.87. The molecule has 2 aliphatic heterocycles. The average molecular weight is 348 g/mol. The molecule has 3 aliphatic rings. The van der Waals surface area contributed by atoms with Gasteiger partial charge in [-0.2, -0.15) is 12.7 Å². The van der Waals surface area contributed by atoms with Gasteiger partial charge in [0.05, 0.1) is 13.2 Å². The molecular weight excluding hydrogens is 320 g/mol. The van der Waals surface area contributed by atoms with Crippen LogP contribution in [0.2, 0.25) is 0 Å². The molecule has 3 rings (SSSR count). The van der Waals surface area contributed by atoms with Crippen LogP contribution in [0, 0.1) is 5.92 Å². The molecule has 0 atom stereocenters. The zero-order chi connectivity index (χ0) is 16.3. The fourth-order valence-corrected chi connectivity index (χ4v) is 4.93. The molecule has 3 fully saturated rings. The molecule has 1 aliphatic carbocycles. The van der Waals surface area contributed by atoms with Gasteiger partial charge in [-0.25, -0.2) is 4.72 Å². The van der Waals surface area contributed by atoms with E-state index in [-0.39, 0.29) is 11.8 Å². The minimum atomic E-state index is -3.42. The molecular formula is C15H28N2O5S. The number of hydrogen-bond donors (Lipinski definition) is 1. The van der Waals surface area contributed by atoms with Crippen LogP contribution >= 0.6 is 0 Å². The van der Waals surface area contributed by atoms with Crippen LogP contribution in [-0.4, -0.2) is 64.6 Å². The first-order valence-corrected chi connectivity index (χ1v) is 10.0. The molecule has 2 saturated heterocycles. The van der Waals surface area contributed by atoms with Crippen molar-refractivity contribution in [2.24, 2.45) is 5.92 Å². The van der Waals surface area contributed by atoms with Gasteiger partial charge < -0.3 is 14.2 Å². The maximum atomic E-state index is 12.4. The Morgan fingerprint density at radius 3 is 2.26 bits per heavy atom. The fourth-order valence-electron chi connectivity index (χ4n) is 3.68. The van der Waals surface area contributed by atoms with Crippen LogP contribution in [0.25, 0.3) is 0 Å². The van der Waals surface area contributed by atoms with E-state index < -0.39 is 10.2 Å². The third kappa shape index (κ3) is 4.24. The van der Waals surface area contributed by atoms with Crippen LogP contribution < -0.4 is 4.72 Å². The van der Waals surface area contributed by atoms with E-state index in [1.165, 1.54) is 4.31 Å². The Kier molecular flexibility index (Phi) is 5.60. The topological polar surface area (TPSA) is 77.1 Å². The molecule has 0 aromatic heterocycles. The Bertz CT molecular complexity index is 476. The summed E-state index contributed by atoms with van der Waals surface area (Å²) < 4.78 is 45.9. The van der Waals surface area contributed by atoms with Crippen molar-refractivity contribution >= 4 is 10.2 Å². The van der Waals surface area contributed by atoms with Crippen LogP contribution in [0.1, 0.15) is 38.5 Å². The summed E-state index contributed by atoms with van der Waals surface area (Å²) in [5, 5.41) is 0. The second-order valence-corrected chi connectivity index (χ2v) is 8.58. The summed E-state index contributed by atoms with van der Waals surface area (Å²) in [5.74, 6) is -0.0276. The molecule has 134 valence electrons. The first-order chi connectivity index (χ1) is 11.0. The van der Waals surface area contributed by atoms with Gasteiger partial charge >= 0.3 is 0 Å². The third-order valence-corrected chi connectivity index (χ3v) is 6.91. The number of ether oxygens (including phenoxy) is 3. The van der Waals surface area contributed by atoms with E-state index >= 15 is 0 Å². The van der Waals surface area contributed by atoms with E-state index in [2.05, 4.69) is 4.72 Å². The molecule has 0 unspecified atom stereocenters. The van der Waals surface area contributed by atoms with E-state index in [9.17, 15) is 8.42 Å². The highest BCUT2D eigenvalue weighted by Crippen LogP contribution is 2.38. The minimum absolute atomic E-state index is 0.0381. The number of nitrogens with zero attached hydrogens (tertiary/aromatic N) is 1. The molecule has 0 amide bonds. The van der Waals surface area contributed by atoms with Crippen molar-refractivity contribution < 1.29 is 22.6 Å². The second-order valence-electron chi connectivity index (χ2n) is 6.76. The summed E-state index contributed by atoms with van der Waals surface area (Å²) in [6.07, 6.45) is 5.10. The maximum absolute atomic E-state index is 12.4. The third-order valence-electron chi connectivity index (χ3n) is 5.32. The Balaban J connectivity index is 1.45. The van der Waals surface area contributed by atoms with Crippen LogP contribution in [0.3, 0.4) is 0 Å². The highest BCUT2D eigenvalue weighted by atomic mass is 32.2. The maximum Gasteiger partial charge on any atom is 0.279 e. The molecule has 7 nitrogen and oxygen atoms in total. The lowest BCUT2D eigenvalue weighted by Crippen LogP contribution is -2.48. The molecule has 1 spiro atoms. The van der Waals surface area contributed by atoms with Gasteiger partial charge in [0.2, 0.25) is 0 Å². The fraction of sp³-hybridized carbons (Fsp3) is 1.00. The molecule has 0 bridgehead atoms. The van der Waals surface area contributed by atoms with Crippen LogP contribution in [0.4, 0.5) is 0 Å². The number of nitrogens with one attached hydrogen (secondary N) is 1. The predicted octanol–water partition coefficient (Wildman–Crippen LogP) is 0.865. The SMILES string of the molecule is CN(C1CCOCC1)S(=O)(=O)NCC1CCC2(CC1)OCCO2. The standard InChI is InChI=1S/C15H28N2O5S/c1-17(14-4-8-20-9-5-14)23(18,19)16-12-13-2-6-15(7-3-13)21-10-11-22-15/h13-14,16H,2-12H2,1H3. The highest BCUT2D eigenvalue weighted by Gasteiger charge is 2.40. The van der Waals surface area contributed by atoms with Crippen LogP contribution in [-0.2, 0) is 24.4 Å². The molecule has 1 N–H and O–H groups in total. The Morgan fingerprint density at radius 2 is 1.65 bits per heavy atom. The van der Waals surface area contributed by atoms with Gasteiger partial charge in [-0.15, -0.1) is 0 Å². The lowest BCUT2D eigenvalue weighted by atomic mass is 9.85. The summed E-state index contributed by atoms with van der Waals surface area (Å²) in [4.78, 5) is 0. The van der Waals surface area contributed by atoms with E-state index in [1.54, 1.807) is 7.05 Å². The molecule has 0 aromatic carbocycles. The number of rotatable bonds is 5. The lowest BCUT2D eigenvalue weighted by molar-refractivity contribution is -0.182. The molecule has 0 radical (unpaired) electrons. The van der Waals surface area contributed by atoms with E-state index in [4.69, 9.17) is 14.2 Å². The normalized spacial score (nSPS) is 27.0. The van der Waals surface area contributed by atoms with Crippen LogP contribution in [0.5, 0.6) is 0 Å². The van der Waals surface area contributed by atoms with Gasteiger partial charge in [-0.1, -0.05) is 0 Å². The van der Waals surface area contributed by atoms with Gasteiger partial charge in [0.1, 0.15) is 0 Å². The summed E-state index contributed by atoms with van der Waals surface area (Å²) >= 11 is 0. The van der Waals surface area contributed by atoms with Crippen molar-refractivity contribution in [1.29, 1.82) is 0 Å². The van der Waals surface area contributed by atoms with E-state index in [0.29, 0.717) is 38.9 Å². The summed E-state index contributed by atoms with van der Waals surface area (Å²) in [7, 11) is -1.76. The largest absolute Gasteiger partial charge is 0.381 e. The molecule has 8 heteroatoms. The van der Waals surface area contributed by atoms with Crippen molar-refractivity contribution in [3.05, 3.63) is 0 Å². The van der Waals surface area contributed by atoms with Gasteiger partial charge in [0.15, 0.2) is 5.79 Å². The van der Waals surface area contributed by atoms with Gasteiger partial charge in [0, 0.05) is 45.7 Å². The zero-order valence-corrected chi connectivity index (χ0v) is 14.6. The Hall–Kier alpha value is -0.250. The van der Waals surface area contributed by atoms with Crippen molar-refractivity contribution in [2.45, 2.75) is 50.4 Å². The van der Waals surface area contributed by atoms with Crippen molar-refractivity contribution in [3.8, 4) is 0 Å². The molecule has 1 saturated carbocycles. The molecule has 0 aromatic rings. The van der Waals surface area contributed by atoms with Crippen molar-refractivity contribution in [2.75, 3.05) is 40.0 Å². The quantitative estimate of drug-likeness (QED) is 0.798. The summed E-state index contributed by atoms with van der Waals surface area (Å²) in [5.41, 5.74) is 0. The summed E-state index contributed by atoms with van der Waals surface area (Å²) in [6, 6.07) is 0.0381. The first-order valence-electron chi connectivity index (χ1n) is 8.59. The number of hydrogen-bond acceptors (Lipinski definition) is 5. The average Bonchev–Trinajstić information content (AvgIpc) is 3.03. The molecule has 23 heavy (non-hydrogen) atoms. The zero-order valence-electron chi connectivity index (χ0n) is 13.8. The smallest absolute Gasteiger partial charge is 0.279 e.